The molecule has 1 fully saturated rings. The van der Waals surface area contributed by atoms with Crippen LogP contribution in [0, 0.1) is 0 Å². The van der Waals surface area contributed by atoms with E-state index in [0.717, 1.165) is 6.07 Å². The lowest BCUT2D eigenvalue weighted by atomic mass is 10.2. The van der Waals surface area contributed by atoms with Gasteiger partial charge in [0.2, 0.25) is 5.88 Å². The lowest BCUT2D eigenvalue weighted by molar-refractivity contribution is -0.140. The second kappa shape index (κ2) is 7.11. The Labute approximate surface area is 147 Å². The van der Waals surface area contributed by atoms with Crippen LogP contribution in [0.1, 0.15) is 5.56 Å². The van der Waals surface area contributed by atoms with Crippen molar-refractivity contribution >= 4 is 11.7 Å². The second-order valence-electron chi connectivity index (χ2n) is 5.66. The molecule has 1 aromatic heterocycles. The van der Waals surface area contributed by atoms with E-state index in [1.165, 1.54) is 24.3 Å². The molecule has 9 heteroatoms. The van der Waals surface area contributed by atoms with Gasteiger partial charge in [-0.3, -0.25) is 0 Å². The Hall–Kier alpha value is -2.97. The molecule has 3 rings (SSSR count). The first kappa shape index (κ1) is 17.8. The van der Waals surface area contributed by atoms with E-state index in [4.69, 9.17) is 9.47 Å². The van der Waals surface area contributed by atoms with Gasteiger partial charge in [-0.05, 0) is 24.3 Å². The number of aromatic nitrogens is 1. The summed E-state index contributed by atoms with van der Waals surface area (Å²) in [6, 6.07) is 8.59. The van der Waals surface area contributed by atoms with Gasteiger partial charge in [-0.25, -0.2) is 9.78 Å². The summed E-state index contributed by atoms with van der Waals surface area (Å²) in [7, 11) is 1.52. The van der Waals surface area contributed by atoms with Crippen molar-refractivity contribution < 1.29 is 27.4 Å². The summed E-state index contributed by atoms with van der Waals surface area (Å²) in [5.74, 6) is 0.125. The minimum absolute atomic E-state index is 0.170. The molecular formula is C17H16F3N3O3. The molecule has 2 aromatic rings. The van der Waals surface area contributed by atoms with Crippen LogP contribution in [0.5, 0.6) is 11.6 Å². The highest BCUT2D eigenvalue weighted by Gasteiger charge is 2.38. The number of benzene rings is 1. The molecule has 0 atom stereocenters. The number of amides is 2. The van der Waals surface area contributed by atoms with Crippen LogP contribution in [0.2, 0.25) is 0 Å². The maximum atomic E-state index is 12.9. The summed E-state index contributed by atoms with van der Waals surface area (Å²) in [5.41, 5.74) is -0.373. The predicted octanol–water partition coefficient (Wildman–Crippen LogP) is 3.40. The summed E-state index contributed by atoms with van der Waals surface area (Å²) in [6.07, 6.45) is -3.85. The normalized spacial score (nSPS) is 14.5. The summed E-state index contributed by atoms with van der Waals surface area (Å²) in [5, 5.41) is 2.69. The van der Waals surface area contributed by atoms with Crippen molar-refractivity contribution in [2.24, 2.45) is 0 Å². The molecular weight excluding hydrogens is 351 g/mol. The highest BCUT2D eigenvalue weighted by molar-refractivity contribution is 5.90. The largest absolute Gasteiger partial charge is 0.497 e. The highest BCUT2D eigenvalue weighted by Crippen LogP contribution is 2.35. The van der Waals surface area contributed by atoms with Crippen LogP contribution < -0.4 is 14.8 Å². The van der Waals surface area contributed by atoms with Crippen molar-refractivity contribution in [3.05, 3.63) is 48.2 Å². The number of hydrogen-bond donors (Lipinski definition) is 1. The number of nitrogens with one attached hydrogen (secondary N) is 1. The molecule has 0 unspecified atom stereocenters. The molecule has 6 nitrogen and oxygen atoms in total. The van der Waals surface area contributed by atoms with Gasteiger partial charge in [-0.1, -0.05) is 6.07 Å². The molecule has 1 aliphatic heterocycles. The van der Waals surface area contributed by atoms with E-state index < -0.39 is 23.7 Å². The van der Waals surface area contributed by atoms with E-state index in [1.807, 2.05) is 0 Å². The second-order valence-corrected chi connectivity index (χ2v) is 5.66. The Bertz CT molecular complexity index is 792. The van der Waals surface area contributed by atoms with Gasteiger partial charge < -0.3 is 19.7 Å². The topological polar surface area (TPSA) is 63.7 Å². The van der Waals surface area contributed by atoms with Crippen LogP contribution in [-0.2, 0) is 6.18 Å². The number of carbonyl (C=O) groups is 1. The van der Waals surface area contributed by atoms with E-state index in [1.54, 1.807) is 24.3 Å². The maximum absolute atomic E-state index is 12.9. The van der Waals surface area contributed by atoms with E-state index in [9.17, 15) is 18.0 Å². The van der Waals surface area contributed by atoms with Gasteiger partial charge in [0.05, 0.1) is 20.2 Å². The van der Waals surface area contributed by atoms with Crippen LogP contribution in [-0.4, -0.2) is 42.2 Å². The van der Waals surface area contributed by atoms with Gasteiger partial charge in [0.1, 0.15) is 17.4 Å². The highest BCUT2D eigenvalue weighted by atomic mass is 19.4. The quantitative estimate of drug-likeness (QED) is 0.900. The van der Waals surface area contributed by atoms with Gasteiger partial charge in [0.25, 0.3) is 0 Å². The van der Waals surface area contributed by atoms with Gasteiger partial charge in [0.15, 0.2) is 0 Å². The Kier molecular flexibility index (Phi) is 4.88. The van der Waals surface area contributed by atoms with Crippen LogP contribution in [0.4, 0.5) is 23.7 Å². The number of likely N-dealkylation sites (tertiary alicyclic amines) is 1. The average Bonchev–Trinajstić information content (AvgIpc) is 2.57. The van der Waals surface area contributed by atoms with Crippen molar-refractivity contribution in [2.75, 3.05) is 25.5 Å². The molecule has 26 heavy (non-hydrogen) atoms. The van der Waals surface area contributed by atoms with Crippen LogP contribution >= 0.6 is 0 Å². The van der Waals surface area contributed by atoms with Crippen LogP contribution in [0.25, 0.3) is 0 Å². The molecule has 138 valence electrons. The number of urea groups is 1. The summed E-state index contributed by atoms with van der Waals surface area (Å²) in [4.78, 5) is 17.2. The fraction of sp³-hybridized carbons (Fsp3) is 0.294. The fourth-order valence-corrected chi connectivity index (χ4v) is 2.44. The Balaban J connectivity index is 1.55. The first-order chi connectivity index (χ1) is 12.4. The number of carbonyl (C=O) groups excluding carboxylic acids is 1. The molecule has 0 aliphatic carbocycles. The SMILES string of the molecule is COc1cccc(NC(=O)N2CC(Oc3ncccc3C(F)(F)F)C2)c1. The zero-order valence-electron chi connectivity index (χ0n) is 13.8. The number of alkyl halides is 3. The molecule has 0 radical (unpaired) electrons. The summed E-state index contributed by atoms with van der Waals surface area (Å²) < 4.78 is 49.2. The zero-order chi connectivity index (χ0) is 18.7. The van der Waals surface area contributed by atoms with Crippen molar-refractivity contribution in [3.8, 4) is 11.6 Å². The van der Waals surface area contributed by atoms with Crippen molar-refractivity contribution in [1.82, 2.24) is 9.88 Å². The number of halogens is 3. The van der Waals surface area contributed by atoms with Crippen molar-refractivity contribution in [2.45, 2.75) is 12.3 Å². The van der Waals surface area contributed by atoms with Gasteiger partial charge in [-0.15, -0.1) is 0 Å². The third-order valence-corrected chi connectivity index (χ3v) is 3.81. The number of anilines is 1. The molecule has 0 saturated carbocycles. The van der Waals surface area contributed by atoms with Gasteiger partial charge >= 0.3 is 12.2 Å². The number of methoxy groups -OCH3 is 1. The molecule has 1 saturated heterocycles. The molecule has 0 spiro atoms. The van der Waals surface area contributed by atoms with Crippen molar-refractivity contribution in [1.29, 1.82) is 0 Å². The molecule has 1 N–H and O–H groups in total. The lowest BCUT2D eigenvalue weighted by Crippen LogP contribution is -2.57. The molecule has 1 aliphatic rings. The Morgan fingerprint density at radius 1 is 1.27 bits per heavy atom. The van der Waals surface area contributed by atoms with E-state index in [2.05, 4.69) is 10.3 Å². The smallest absolute Gasteiger partial charge is 0.421 e. The van der Waals surface area contributed by atoms with Gasteiger partial charge in [-0.2, -0.15) is 13.2 Å². The minimum Gasteiger partial charge on any atom is -0.497 e. The monoisotopic (exact) mass is 367 g/mol. The third kappa shape index (κ3) is 3.98. The van der Waals surface area contributed by atoms with E-state index in [-0.39, 0.29) is 19.1 Å². The summed E-state index contributed by atoms with van der Waals surface area (Å²) in [6.45, 7) is 0.341. The first-order valence-corrected chi connectivity index (χ1v) is 7.75. The molecule has 2 amide bonds. The number of rotatable bonds is 4. The fourth-order valence-electron chi connectivity index (χ4n) is 2.44. The maximum Gasteiger partial charge on any atom is 0.421 e. The minimum atomic E-state index is -4.54. The molecule has 2 heterocycles. The standard InChI is InChI=1S/C17H16F3N3O3/c1-25-12-5-2-4-11(8-12)22-16(24)23-9-13(10-23)26-15-14(17(18,19)20)6-3-7-21-15/h2-8,13H,9-10H2,1H3,(H,22,24). The van der Waals surface area contributed by atoms with Crippen LogP contribution in [0.3, 0.4) is 0 Å². The first-order valence-electron chi connectivity index (χ1n) is 7.75. The van der Waals surface area contributed by atoms with Crippen molar-refractivity contribution in [3.63, 3.8) is 0 Å². The Morgan fingerprint density at radius 2 is 2.04 bits per heavy atom. The van der Waals surface area contributed by atoms with Gasteiger partial charge in [0, 0.05) is 18.0 Å². The number of nitrogens with zero attached hydrogens (tertiary/aromatic N) is 2. The zero-order valence-corrected chi connectivity index (χ0v) is 13.8. The number of ether oxygens (including phenoxy) is 2. The van der Waals surface area contributed by atoms with Crippen LogP contribution in [0.15, 0.2) is 42.6 Å². The third-order valence-electron chi connectivity index (χ3n) is 3.81. The van der Waals surface area contributed by atoms with E-state index in [0.29, 0.717) is 11.4 Å². The average molecular weight is 367 g/mol. The van der Waals surface area contributed by atoms with E-state index >= 15 is 0 Å². The summed E-state index contributed by atoms with van der Waals surface area (Å²) >= 11 is 0. The molecule has 0 bridgehead atoms. The molecule has 1 aromatic carbocycles. The Morgan fingerprint density at radius 3 is 2.73 bits per heavy atom. The predicted molar refractivity (Wildman–Crippen MR) is 87.2 cm³/mol. The number of hydrogen-bond acceptors (Lipinski definition) is 4. The lowest BCUT2D eigenvalue weighted by Gasteiger charge is -2.38. The number of pyridine rings is 1.